The summed E-state index contributed by atoms with van der Waals surface area (Å²) in [4.78, 5) is 18.6. The molecular formula is C24H27N3O5. The van der Waals surface area contributed by atoms with Crippen LogP contribution in [0.5, 0.6) is 11.5 Å². The number of hydroxylamine groups is 2. The van der Waals surface area contributed by atoms with Gasteiger partial charge in [-0.3, -0.25) is 5.21 Å². The van der Waals surface area contributed by atoms with Gasteiger partial charge in [0, 0.05) is 37.2 Å². The molecule has 0 radical (unpaired) electrons. The Morgan fingerprint density at radius 1 is 1.09 bits per heavy atom. The summed E-state index contributed by atoms with van der Waals surface area (Å²) in [5.74, 6) is 2.86. The van der Waals surface area contributed by atoms with E-state index in [0.717, 1.165) is 22.6 Å². The molecule has 168 valence electrons. The lowest BCUT2D eigenvalue weighted by atomic mass is 9.97. The second-order valence-corrected chi connectivity index (χ2v) is 7.73. The van der Waals surface area contributed by atoms with Crippen molar-refractivity contribution in [1.82, 2.24) is 14.9 Å². The molecule has 0 unspecified atom stereocenters. The third kappa shape index (κ3) is 4.27. The lowest BCUT2D eigenvalue weighted by Crippen LogP contribution is -2.43. The average molecular weight is 437 g/mol. The van der Waals surface area contributed by atoms with Crippen LogP contribution in [0.4, 0.5) is 4.79 Å². The number of methoxy groups -OCH3 is 2. The number of carbonyl (C=O) groups excluding carboxylic acids is 1. The van der Waals surface area contributed by atoms with Crippen molar-refractivity contribution in [3.05, 3.63) is 54.4 Å². The number of aromatic nitrogens is 1. The average Bonchev–Trinajstić information content (AvgIpc) is 3.29. The number of piperidine rings is 1. The zero-order valence-corrected chi connectivity index (χ0v) is 18.4. The second-order valence-electron chi connectivity index (χ2n) is 7.73. The Labute approximate surface area is 186 Å². The van der Waals surface area contributed by atoms with Crippen molar-refractivity contribution < 1.29 is 23.9 Å². The van der Waals surface area contributed by atoms with Crippen LogP contribution >= 0.6 is 0 Å². The van der Waals surface area contributed by atoms with Gasteiger partial charge in [0.15, 0.2) is 11.7 Å². The maximum Gasteiger partial charge on any atom is 0.343 e. The molecule has 8 nitrogen and oxygen atoms in total. The summed E-state index contributed by atoms with van der Waals surface area (Å²) >= 11 is 0. The molecule has 2 heterocycles. The number of hydrogen-bond donors (Lipinski definition) is 1. The number of oxazole rings is 1. The van der Waals surface area contributed by atoms with Crippen LogP contribution in [0.2, 0.25) is 0 Å². The zero-order chi connectivity index (χ0) is 22.7. The number of amides is 2. The molecule has 3 aromatic rings. The molecule has 1 fully saturated rings. The van der Waals surface area contributed by atoms with E-state index < -0.39 is 6.03 Å². The molecule has 4 rings (SSSR count). The first-order chi connectivity index (χ1) is 15.5. The smallest absolute Gasteiger partial charge is 0.343 e. The molecular weight excluding hydrogens is 410 g/mol. The normalized spacial score (nSPS) is 14.3. The minimum atomic E-state index is -0.399. The Bertz CT molecular complexity index is 1070. The lowest BCUT2D eigenvalue weighted by Gasteiger charge is -2.31. The SMILES string of the molecule is COc1ccc(-c2oc(C3CCN(C(=O)N(C)O)CC3)nc2-c2ccccc2OC)cc1. The van der Waals surface area contributed by atoms with Gasteiger partial charge in [-0.2, -0.15) is 0 Å². The number of hydrogen-bond acceptors (Lipinski definition) is 6. The van der Waals surface area contributed by atoms with Gasteiger partial charge in [-0.25, -0.2) is 14.8 Å². The molecule has 1 aliphatic rings. The first-order valence-electron chi connectivity index (χ1n) is 10.5. The van der Waals surface area contributed by atoms with E-state index in [0.29, 0.717) is 48.4 Å². The lowest BCUT2D eigenvalue weighted by molar-refractivity contribution is -0.0358. The van der Waals surface area contributed by atoms with Crippen molar-refractivity contribution in [3.8, 4) is 34.1 Å². The summed E-state index contributed by atoms with van der Waals surface area (Å²) < 4.78 is 17.2. The highest BCUT2D eigenvalue weighted by atomic mass is 16.5. The van der Waals surface area contributed by atoms with Gasteiger partial charge in [0.2, 0.25) is 0 Å². The molecule has 1 N–H and O–H groups in total. The van der Waals surface area contributed by atoms with Crippen molar-refractivity contribution in [3.63, 3.8) is 0 Å². The number of carbonyl (C=O) groups is 1. The van der Waals surface area contributed by atoms with Crippen molar-refractivity contribution in [1.29, 1.82) is 0 Å². The zero-order valence-electron chi connectivity index (χ0n) is 18.4. The number of ether oxygens (including phenoxy) is 2. The number of likely N-dealkylation sites (tertiary alicyclic amines) is 1. The van der Waals surface area contributed by atoms with Gasteiger partial charge in [-0.15, -0.1) is 0 Å². The summed E-state index contributed by atoms with van der Waals surface area (Å²) in [5.41, 5.74) is 2.46. The molecule has 2 amide bonds. The van der Waals surface area contributed by atoms with Crippen LogP contribution < -0.4 is 9.47 Å². The van der Waals surface area contributed by atoms with Gasteiger partial charge < -0.3 is 18.8 Å². The van der Waals surface area contributed by atoms with E-state index in [9.17, 15) is 10.0 Å². The third-order valence-electron chi connectivity index (χ3n) is 5.75. The Morgan fingerprint density at radius 2 is 1.78 bits per heavy atom. The van der Waals surface area contributed by atoms with E-state index >= 15 is 0 Å². The Kier molecular flexibility index (Phi) is 6.32. The first kappa shape index (κ1) is 21.7. The van der Waals surface area contributed by atoms with E-state index in [1.807, 2.05) is 48.5 Å². The molecule has 1 saturated heterocycles. The van der Waals surface area contributed by atoms with Gasteiger partial charge in [0.05, 0.1) is 14.2 Å². The van der Waals surface area contributed by atoms with Gasteiger partial charge in [-0.05, 0) is 49.2 Å². The standard InChI is InChI=1S/C24H27N3O5/c1-26(29)24(28)27-14-12-17(13-15-27)23-25-21(19-6-4-5-7-20(19)31-3)22(32-23)16-8-10-18(30-2)11-9-16/h4-11,17,29H,12-15H2,1-3H3. The van der Waals surface area contributed by atoms with Gasteiger partial charge in [-0.1, -0.05) is 12.1 Å². The Balaban J connectivity index is 1.69. The minimum absolute atomic E-state index is 0.0727. The molecule has 0 atom stereocenters. The number of para-hydroxylation sites is 1. The van der Waals surface area contributed by atoms with Gasteiger partial charge in [0.25, 0.3) is 0 Å². The first-order valence-corrected chi connectivity index (χ1v) is 10.5. The molecule has 8 heteroatoms. The highest BCUT2D eigenvalue weighted by Crippen LogP contribution is 2.40. The predicted molar refractivity (Wildman–Crippen MR) is 119 cm³/mol. The van der Waals surface area contributed by atoms with E-state index in [2.05, 4.69) is 0 Å². The molecule has 0 aliphatic carbocycles. The quantitative estimate of drug-likeness (QED) is 0.462. The van der Waals surface area contributed by atoms with Crippen LogP contribution in [-0.4, -0.2) is 60.5 Å². The fraction of sp³-hybridized carbons (Fsp3) is 0.333. The summed E-state index contributed by atoms with van der Waals surface area (Å²) in [6, 6.07) is 15.0. The van der Waals surface area contributed by atoms with Crippen molar-refractivity contribution in [2.75, 3.05) is 34.4 Å². The summed E-state index contributed by atoms with van der Waals surface area (Å²) in [6.07, 6.45) is 1.40. The summed E-state index contributed by atoms with van der Waals surface area (Å²) in [5, 5.41) is 10.0. The topological polar surface area (TPSA) is 88.3 Å². The van der Waals surface area contributed by atoms with Crippen molar-refractivity contribution in [2.45, 2.75) is 18.8 Å². The van der Waals surface area contributed by atoms with Crippen LogP contribution in [0.25, 0.3) is 22.6 Å². The Morgan fingerprint density at radius 3 is 2.41 bits per heavy atom. The van der Waals surface area contributed by atoms with E-state index in [1.165, 1.54) is 7.05 Å². The highest BCUT2D eigenvalue weighted by molar-refractivity contribution is 5.80. The van der Waals surface area contributed by atoms with Gasteiger partial charge in [0.1, 0.15) is 17.2 Å². The van der Waals surface area contributed by atoms with E-state index in [4.69, 9.17) is 18.9 Å². The summed E-state index contributed by atoms with van der Waals surface area (Å²) in [7, 11) is 4.61. The fourth-order valence-corrected chi connectivity index (χ4v) is 3.99. The maximum atomic E-state index is 12.0. The van der Waals surface area contributed by atoms with E-state index in [-0.39, 0.29) is 5.92 Å². The molecule has 0 bridgehead atoms. The third-order valence-corrected chi connectivity index (χ3v) is 5.75. The molecule has 32 heavy (non-hydrogen) atoms. The van der Waals surface area contributed by atoms with Gasteiger partial charge >= 0.3 is 6.03 Å². The van der Waals surface area contributed by atoms with Crippen LogP contribution in [0, 0.1) is 0 Å². The Hall–Kier alpha value is -3.52. The molecule has 0 saturated carbocycles. The number of benzene rings is 2. The van der Waals surface area contributed by atoms with Crippen molar-refractivity contribution in [2.24, 2.45) is 0 Å². The number of rotatable bonds is 5. The number of nitrogens with zero attached hydrogens (tertiary/aromatic N) is 3. The fourth-order valence-electron chi connectivity index (χ4n) is 3.99. The summed E-state index contributed by atoms with van der Waals surface area (Å²) in [6.45, 7) is 1.05. The van der Waals surface area contributed by atoms with Crippen LogP contribution in [0.1, 0.15) is 24.7 Å². The largest absolute Gasteiger partial charge is 0.497 e. The monoisotopic (exact) mass is 437 g/mol. The van der Waals surface area contributed by atoms with Crippen LogP contribution in [0.3, 0.4) is 0 Å². The molecule has 2 aromatic carbocycles. The molecule has 0 spiro atoms. The second kappa shape index (κ2) is 9.32. The van der Waals surface area contributed by atoms with Crippen molar-refractivity contribution >= 4 is 6.03 Å². The maximum absolute atomic E-state index is 12.0. The predicted octanol–water partition coefficient (Wildman–Crippen LogP) is 4.65. The number of urea groups is 1. The molecule has 1 aliphatic heterocycles. The minimum Gasteiger partial charge on any atom is -0.497 e. The van der Waals surface area contributed by atoms with Crippen LogP contribution in [-0.2, 0) is 0 Å². The van der Waals surface area contributed by atoms with E-state index in [1.54, 1.807) is 19.1 Å². The highest BCUT2D eigenvalue weighted by Gasteiger charge is 2.30. The molecule has 1 aromatic heterocycles. The van der Waals surface area contributed by atoms with Crippen LogP contribution in [0.15, 0.2) is 52.9 Å².